The first-order chi connectivity index (χ1) is 11.6. The molecular weight excluding hydrogens is 308 g/mol. The number of hydrogen-bond donors (Lipinski definition) is 0. The van der Waals surface area contributed by atoms with Crippen molar-refractivity contribution in [1.29, 1.82) is 0 Å². The molecule has 4 heterocycles. The Kier molecular flexibility index (Phi) is 3.80. The zero-order valence-corrected chi connectivity index (χ0v) is 13.8. The molecule has 24 heavy (non-hydrogen) atoms. The zero-order chi connectivity index (χ0) is 16.7. The van der Waals surface area contributed by atoms with Crippen LogP contribution in [0.1, 0.15) is 46.6 Å². The van der Waals surface area contributed by atoms with E-state index in [9.17, 15) is 4.79 Å². The van der Waals surface area contributed by atoms with Gasteiger partial charge in [-0.05, 0) is 38.7 Å². The van der Waals surface area contributed by atoms with Gasteiger partial charge in [-0.3, -0.25) is 4.79 Å². The summed E-state index contributed by atoms with van der Waals surface area (Å²) in [6, 6.07) is 1.92. The van der Waals surface area contributed by atoms with Crippen LogP contribution < -0.4 is 0 Å². The van der Waals surface area contributed by atoms with E-state index < -0.39 is 0 Å². The molecule has 0 N–H and O–H groups in total. The summed E-state index contributed by atoms with van der Waals surface area (Å²) in [6.07, 6.45) is 5.22. The van der Waals surface area contributed by atoms with Gasteiger partial charge in [-0.25, -0.2) is 9.97 Å². The molecule has 2 fully saturated rings. The average Bonchev–Trinajstić information content (AvgIpc) is 3.19. The van der Waals surface area contributed by atoms with E-state index in [4.69, 9.17) is 9.26 Å². The molecule has 2 aromatic heterocycles. The number of hydrogen-bond acceptors (Lipinski definition) is 6. The normalized spacial score (nSPS) is 26.4. The van der Waals surface area contributed by atoms with Crippen LogP contribution in [-0.2, 0) is 4.74 Å². The lowest BCUT2D eigenvalue weighted by atomic mass is 9.91. The maximum atomic E-state index is 12.6. The second-order valence-corrected chi connectivity index (χ2v) is 6.52. The fraction of sp³-hybridized carbons (Fsp3) is 0.529. The third-order valence-electron chi connectivity index (χ3n) is 4.95. The second kappa shape index (κ2) is 5.98. The second-order valence-electron chi connectivity index (χ2n) is 6.52. The molecule has 3 atom stereocenters. The van der Waals surface area contributed by atoms with Crippen molar-refractivity contribution >= 4 is 5.91 Å². The summed E-state index contributed by atoms with van der Waals surface area (Å²) in [4.78, 5) is 23.1. The summed E-state index contributed by atoms with van der Waals surface area (Å²) in [7, 11) is 0. The average molecular weight is 328 g/mol. The number of aromatic nitrogens is 3. The number of rotatable bonds is 2. The number of carbonyl (C=O) groups excluding carboxylic acids is 1. The maximum absolute atomic E-state index is 12.6. The Balaban J connectivity index is 1.46. The van der Waals surface area contributed by atoms with E-state index in [-0.39, 0.29) is 18.1 Å². The van der Waals surface area contributed by atoms with Crippen LogP contribution in [0.2, 0.25) is 0 Å². The number of aryl methyl sites for hydroxylation is 2. The highest BCUT2D eigenvalue weighted by molar-refractivity contribution is 5.94. The molecule has 7 heteroatoms. The van der Waals surface area contributed by atoms with Crippen molar-refractivity contribution in [3.05, 3.63) is 41.3 Å². The Labute approximate surface area is 140 Å². The van der Waals surface area contributed by atoms with Gasteiger partial charge in [-0.2, -0.15) is 0 Å². The van der Waals surface area contributed by atoms with Gasteiger partial charge in [-0.15, -0.1) is 0 Å². The molecule has 2 aliphatic heterocycles. The number of ether oxygens (including phenoxy) is 1. The standard InChI is InChI=1S/C17H20N4O3/c1-10-13(8-19-24-10)17(22)21-6-4-12-7-15(23-16(12)9-21)14-3-5-18-11(2)20-14/h3,5,8,12,15-16H,4,6-7,9H2,1-2H3/t12-,15+,16+/m0/s1. The van der Waals surface area contributed by atoms with Gasteiger partial charge >= 0.3 is 0 Å². The van der Waals surface area contributed by atoms with E-state index in [1.807, 2.05) is 17.9 Å². The van der Waals surface area contributed by atoms with Crippen molar-refractivity contribution in [2.75, 3.05) is 13.1 Å². The Morgan fingerprint density at radius 3 is 3.00 bits per heavy atom. The topological polar surface area (TPSA) is 81.4 Å². The molecular formula is C17H20N4O3. The first-order valence-corrected chi connectivity index (χ1v) is 8.27. The van der Waals surface area contributed by atoms with E-state index in [2.05, 4.69) is 15.1 Å². The number of carbonyl (C=O) groups is 1. The van der Waals surface area contributed by atoms with E-state index in [0.717, 1.165) is 30.9 Å². The summed E-state index contributed by atoms with van der Waals surface area (Å²) in [5, 5.41) is 3.70. The van der Waals surface area contributed by atoms with E-state index in [0.29, 0.717) is 23.8 Å². The van der Waals surface area contributed by atoms with Crippen molar-refractivity contribution in [3.63, 3.8) is 0 Å². The van der Waals surface area contributed by atoms with Crippen molar-refractivity contribution < 1.29 is 14.1 Å². The van der Waals surface area contributed by atoms with Crippen molar-refractivity contribution in [3.8, 4) is 0 Å². The summed E-state index contributed by atoms with van der Waals surface area (Å²) in [5.41, 5.74) is 1.47. The van der Waals surface area contributed by atoms with Gasteiger partial charge in [0.25, 0.3) is 5.91 Å². The molecule has 2 aliphatic rings. The molecule has 0 saturated carbocycles. The minimum atomic E-state index is -0.0304. The highest BCUT2D eigenvalue weighted by atomic mass is 16.5. The summed E-state index contributed by atoms with van der Waals surface area (Å²) >= 11 is 0. The Hall–Kier alpha value is -2.28. The van der Waals surface area contributed by atoms with Gasteiger partial charge < -0.3 is 14.2 Å². The molecule has 126 valence electrons. The lowest BCUT2D eigenvalue weighted by Crippen LogP contribution is -2.45. The fourth-order valence-corrected chi connectivity index (χ4v) is 3.63. The van der Waals surface area contributed by atoms with Crippen LogP contribution in [0.15, 0.2) is 23.0 Å². The Morgan fingerprint density at radius 2 is 2.25 bits per heavy atom. The maximum Gasteiger partial charge on any atom is 0.259 e. The van der Waals surface area contributed by atoms with Gasteiger partial charge in [-0.1, -0.05) is 5.16 Å². The minimum Gasteiger partial charge on any atom is -0.367 e. The first kappa shape index (κ1) is 15.3. The molecule has 4 rings (SSSR count). The largest absolute Gasteiger partial charge is 0.367 e. The number of fused-ring (bicyclic) bond motifs is 1. The van der Waals surface area contributed by atoms with Crippen molar-refractivity contribution in [1.82, 2.24) is 20.0 Å². The van der Waals surface area contributed by atoms with Crippen LogP contribution in [0.5, 0.6) is 0 Å². The third kappa shape index (κ3) is 2.69. The smallest absolute Gasteiger partial charge is 0.259 e. The molecule has 1 amide bonds. The number of piperidine rings is 1. The lowest BCUT2D eigenvalue weighted by Gasteiger charge is -2.33. The Bertz CT molecular complexity index is 760. The van der Waals surface area contributed by atoms with Gasteiger partial charge in [0.1, 0.15) is 23.3 Å². The molecule has 2 aromatic rings. The molecule has 0 bridgehead atoms. The monoisotopic (exact) mass is 328 g/mol. The number of nitrogens with zero attached hydrogens (tertiary/aromatic N) is 4. The summed E-state index contributed by atoms with van der Waals surface area (Å²) in [6.45, 7) is 4.98. The summed E-state index contributed by atoms with van der Waals surface area (Å²) in [5.74, 6) is 1.75. The quantitative estimate of drug-likeness (QED) is 0.839. The molecule has 0 aliphatic carbocycles. The lowest BCUT2D eigenvalue weighted by molar-refractivity contribution is -0.00573. The first-order valence-electron chi connectivity index (χ1n) is 8.27. The van der Waals surface area contributed by atoms with Crippen LogP contribution in [0.25, 0.3) is 0 Å². The van der Waals surface area contributed by atoms with Crippen LogP contribution in [0.4, 0.5) is 0 Å². The van der Waals surface area contributed by atoms with Gasteiger partial charge in [0.05, 0.1) is 18.0 Å². The van der Waals surface area contributed by atoms with Crippen LogP contribution >= 0.6 is 0 Å². The molecule has 0 spiro atoms. The minimum absolute atomic E-state index is 0.00548. The van der Waals surface area contributed by atoms with Crippen molar-refractivity contribution in [2.24, 2.45) is 5.92 Å². The van der Waals surface area contributed by atoms with E-state index in [1.54, 1.807) is 13.1 Å². The highest BCUT2D eigenvalue weighted by Crippen LogP contribution is 2.40. The van der Waals surface area contributed by atoms with Gasteiger partial charge in [0.2, 0.25) is 0 Å². The predicted molar refractivity (Wildman–Crippen MR) is 84.3 cm³/mol. The molecule has 2 saturated heterocycles. The third-order valence-corrected chi connectivity index (χ3v) is 4.95. The number of likely N-dealkylation sites (tertiary alicyclic amines) is 1. The van der Waals surface area contributed by atoms with Crippen LogP contribution in [0.3, 0.4) is 0 Å². The highest BCUT2D eigenvalue weighted by Gasteiger charge is 2.41. The van der Waals surface area contributed by atoms with Crippen molar-refractivity contribution in [2.45, 2.75) is 38.9 Å². The molecule has 0 unspecified atom stereocenters. The van der Waals surface area contributed by atoms with Gasteiger partial charge in [0, 0.05) is 19.3 Å². The SMILES string of the molecule is Cc1nccc([C@H]2C[C@@H]3CCN(C(=O)c4cnoc4C)C[C@H]3O2)n1. The zero-order valence-electron chi connectivity index (χ0n) is 13.8. The molecule has 0 radical (unpaired) electrons. The number of amides is 1. The predicted octanol–water partition coefficient (Wildman–Crippen LogP) is 2.07. The molecule has 0 aromatic carbocycles. The summed E-state index contributed by atoms with van der Waals surface area (Å²) < 4.78 is 11.2. The van der Waals surface area contributed by atoms with Crippen LogP contribution in [-0.4, -0.2) is 45.1 Å². The molecule has 7 nitrogen and oxygen atoms in total. The van der Waals surface area contributed by atoms with E-state index >= 15 is 0 Å². The Morgan fingerprint density at radius 1 is 1.38 bits per heavy atom. The fourth-order valence-electron chi connectivity index (χ4n) is 3.63. The van der Waals surface area contributed by atoms with Crippen LogP contribution in [0, 0.1) is 19.8 Å². The van der Waals surface area contributed by atoms with E-state index in [1.165, 1.54) is 6.20 Å². The van der Waals surface area contributed by atoms with Gasteiger partial charge in [0.15, 0.2) is 0 Å².